The van der Waals surface area contributed by atoms with Crippen LogP contribution in [0.15, 0.2) is 18.2 Å². The molecule has 0 amide bonds. The van der Waals surface area contributed by atoms with Gasteiger partial charge in [-0.25, -0.2) is 9.97 Å². The van der Waals surface area contributed by atoms with Gasteiger partial charge in [0.25, 0.3) is 0 Å². The first-order valence-corrected chi connectivity index (χ1v) is 15.8. The fourth-order valence-corrected chi connectivity index (χ4v) is 6.68. The Bertz CT molecular complexity index is 2000. The number of aromatic amines is 2. The van der Waals surface area contributed by atoms with E-state index < -0.39 is 0 Å². The number of nitrogens with zero attached hydrogens (tertiary/aromatic N) is 2. The first kappa shape index (κ1) is 35.6. The second kappa shape index (κ2) is 14.6. The number of carbonyl (C=O) groups is 3. The molecule has 47 heavy (non-hydrogen) atoms. The fraction of sp³-hybridized carbons (Fsp3) is 0.378. The average Bonchev–Trinajstić information content (AvgIpc) is 3.72. The van der Waals surface area contributed by atoms with Crippen LogP contribution in [0, 0.1) is 13.8 Å². The zero-order chi connectivity index (χ0) is 33.3. The monoisotopic (exact) mass is 680 g/mol. The second-order valence-corrected chi connectivity index (χ2v) is 11.8. The molecule has 10 heteroatoms. The van der Waals surface area contributed by atoms with Crippen molar-refractivity contribution in [2.75, 3.05) is 14.2 Å². The van der Waals surface area contributed by atoms with Crippen molar-refractivity contribution in [2.24, 2.45) is 0 Å². The third kappa shape index (κ3) is 6.61. The number of H-pyrrole nitrogens is 2. The zero-order valence-electron chi connectivity index (χ0n) is 28.3. The van der Waals surface area contributed by atoms with Crippen LogP contribution >= 0.6 is 0 Å². The van der Waals surface area contributed by atoms with E-state index in [2.05, 4.69) is 30.7 Å². The van der Waals surface area contributed by atoms with Gasteiger partial charge in [0.05, 0.1) is 48.1 Å². The molecule has 5 heterocycles. The summed E-state index contributed by atoms with van der Waals surface area (Å²) in [4.78, 5) is 54.5. The number of allylic oxidation sites excluding steroid dienone is 4. The van der Waals surface area contributed by atoms with E-state index in [1.807, 2.05) is 39.0 Å². The van der Waals surface area contributed by atoms with Gasteiger partial charge in [0, 0.05) is 45.9 Å². The molecule has 0 aromatic carbocycles. The molecule has 2 N–H and O–H groups in total. The van der Waals surface area contributed by atoms with Crippen LogP contribution in [-0.2, 0) is 48.4 Å². The van der Waals surface area contributed by atoms with E-state index in [1.54, 1.807) is 0 Å². The van der Waals surface area contributed by atoms with Crippen molar-refractivity contribution >= 4 is 62.6 Å². The van der Waals surface area contributed by atoms with Gasteiger partial charge in [-0.1, -0.05) is 13.8 Å². The van der Waals surface area contributed by atoms with Crippen molar-refractivity contribution in [1.29, 1.82) is 0 Å². The number of hydrogen-bond acceptors (Lipinski definition) is 7. The quantitative estimate of drug-likeness (QED) is 0.135. The molecule has 3 aromatic rings. The Morgan fingerprint density at radius 1 is 0.723 bits per heavy atom. The Hall–Kier alpha value is -4.30. The molecular formula is C37H42N4NiO5. The molecule has 0 unspecified atom stereocenters. The van der Waals surface area contributed by atoms with Crippen LogP contribution in [0.4, 0.5) is 0 Å². The van der Waals surface area contributed by atoms with Crippen LogP contribution in [0.25, 0.3) is 44.4 Å². The molecular weight excluding hydrogens is 639 g/mol. The topological polar surface area (TPSA) is 127 Å². The van der Waals surface area contributed by atoms with Crippen molar-refractivity contribution < 1.29 is 40.3 Å². The summed E-state index contributed by atoms with van der Waals surface area (Å²) in [6.45, 7) is 12.3. The maximum absolute atomic E-state index is 12.8. The number of methoxy groups -OCH3 is 2. The minimum atomic E-state index is -0.292. The normalized spacial score (nSPS) is 12.7. The van der Waals surface area contributed by atoms with E-state index in [0.717, 1.165) is 103 Å². The van der Waals surface area contributed by atoms with Crippen molar-refractivity contribution in [3.63, 3.8) is 0 Å². The summed E-state index contributed by atoms with van der Waals surface area (Å²) in [7, 11) is 2.78. The van der Waals surface area contributed by atoms with Crippen LogP contribution < -0.4 is 0 Å². The third-order valence-corrected chi connectivity index (χ3v) is 9.41. The molecule has 0 atom stereocenters. The van der Waals surface area contributed by atoms with Crippen molar-refractivity contribution in [3.8, 4) is 0 Å². The van der Waals surface area contributed by atoms with Gasteiger partial charge in [0.1, 0.15) is 0 Å². The smallest absolute Gasteiger partial charge is 0.305 e. The number of aryl methyl sites for hydroxylation is 4. The number of esters is 2. The van der Waals surface area contributed by atoms with Crippen LogP contribution in [0.3, 0.4) is 0 Å². The maximum Gasteiger partial charge on any atom is 0.305 e. The van der Waals surface area contributed by atoms with Gasteiger partial charge in [-0.2, -0.15) is 0 Å². The molecule has 5 rings (SSSR count). The summed E-state index contributed by atoms with van der Waals surface area (Å²) in [6, 6.07) is 6.07. The number of nitrogens with one attached hydrogen (secondary N) is 2. The Labute approximate surface area is 285 Å². The predicted molar refractivity (Wildman–Crippen MR) is 182 cm³/mol. The largest absolute Gasteiger partial charge is 0.469 e. The summed E-state index contributed by atoms with van der Waals surface area (Å²) >= 11 is 0. The van der Waals surface area contributed by atoms with E-state index in [0.29, 0.717) is 24.1 Å². The maximum atomic E-state index is 12.8. The summed E-state index contributed by atoms with van der Waals surface area (Å²) in [5.74, 6) is -0.580. The molecule has 0 fully saturated rings. The first-order valence-electron chi connectivity index (χ1n) is 15.8. The SMILES string of the molecule is CCC1=C(C)c2nc1cc1[nH]c(cc3nc(cc4[nH]c(c2C=O)c(CC)c4C)C(C)=C3CCC(=O)OC)c(CCC(=O)OC)c1C.[Ni]. The van der Waals surface area contributed by atoms with Crippen molar-refractivity contribution in [2.45, 2.75) is 80.1 Å². The van der Waals surface area contributed by atoms with Crippen molar-refractivity contribution in [1.82, 2.24) is 19.9 Å². The van der Waals surface area contributed by atoms with E-state index in [1.165, 1.54) is 14.2 Å². The van der Waals surface area contributed by atoms with Gasteiger partial charge in [-0.3, -0.25) is 14.4 Å². The van der Waals surface area contributed by atoms with Crippen LogP contribution in [0.2, 0.25) is 0 Å². The third-order valence-electron chi connectivity index (χ3n) is 9.41. The second-order valence-electron chi connectivity index (χ2n) is 11.8. The van der Waals surface area contributed by atoms with Gasteiger partial charge in [-0.15, -0.1) is 0 Å². The molecule has 3 aromatic heterocycles. The van der Waals surface area contributed by atoms with Crippen LogP contribution in [0.5, 0.6) is 0 Å². The molecule has 9 nitrogen and oxygen atoms in total. The Kier molecular flexibility index (Phi) is 11.1. The Balaban J connectivity index is 0.00000500. The predicted octanol–water partition coefficient (Wildman–Crippen LogP) is 7.63. The minimum Gasteiger partial charge on any atom is -0.469 e. The molecule has 250 valence electrons. The van der Waals surface area contributed by atoms with E-state index in [-0.39, 0.29) is 41.3 Å². The van der Waals surface area contributed by atoms with E-state index in [4.69, 9.17) is 19.4 Å². The number of ether oxygens (including phenoxy) is 2. The Morgan fingerprint density at radius 3 is 1.91 bits per heavy atom. The summed E-state index contributed by atoms with van der Waals surface area (Å²) < 4.78 is 9.90. The molecule has 0 radical (unpaired) electrons. The molecule has 0 saturated carbocycles. The van der Waals surface area contributed by atoms with Gasteiger partial charge >= 0.3 is 11.9 Å². The molecule has 0 saturated heterocycles. The zero-order valence-corrected chi connectivity index (χ0v) is 29.3. The molecule has 2 aliphatic heterocycles. The summed E-state index contributed by atoms with van der Waals surface area (Å²) in [5.41, 5.74) is 14.9. The van der Waals surface area contributed by atoms with Crippen molar-refractivity contribution in [3.05, 3.63) is 68.8 Å². The number of hydrogen-bond donors (Lipinski definition) is 2. The molecule has 2 aliphatic rings. The van der Waals surface area contributed by atoms with E-state index >= 15 is 0 Å². The standard InChI is InChI=1S/C37H42N4O5.Ni/c1-9-23-22(6)36-27(18-42)37-24(10-2)19(3)30(40-37)15-28-20(4)25(11-13-34(43)45-7)32(38-28)17-33-26(12-14-35(44)46-8)21(5)29(39-33)16-31(23)41-36;/h15-18,39-40H,9-14H2,1-8H3;. The molecule has 0 aliphatic carbocycles. The van der Waals surface area contributed by atoms with Gasteiger partial charge < -0.3 is 19.4 Å². The van der Waals surface area contributed by atoms with Gasteiger partial charge in [0.15, 0.2) is 6.29 Å². The fourth-order valence-electron chi connectivity index (χ4n) is 6.68. The van der Waals surface area contributed by atoms with E-state index in [9.17, 15) is 14.4 Å². The van der Waals surface area contributed by atoms with Gasteiger partial charge in [0.2, 0.25) is 0 Å². The Morgan fingerprint density at radius 2 is 1.30 bits per heavy atom. The summed E-state index contributed by atoms with van der Waals surface area (Å²) in [6.07, 6.45) is 3.75. The van der Waals surface area contributed by atoms with Crippen LogP contribution in [-0.4, -0.2) is 52.4 Å². The number of carbonyl (C=O) groups excluding carboxylic acids is 3. The number of fused-ring (bicyclic) bond motifs is 8. The summed E-state index contributed by atoms with van der Waals surface area (Å²) in [5, 5.41) is 0. The number of aromatic nitrogens is 4. The molecule has 8 bridgehead atoms. The minimum absolute atomic E-state index is 0. The average molecular weight is 681 g/mol. The van der Waals surface area contributed by atoms with Gasteiger partial charge in [-0.05, 0) is 116 Å². The molecule has 0 spiro atoms. The number of rotatable bonds is 9. The first-order chi connectivity index (χ1) is 22.1. The number of aldehydes is 1. The van der Waals surface area contributed by atoms with Crippen LogP contribution in [0.1, 0.15) is 109 Å².